The monoisotopic (exact) mass is 330 g/mol. The van der Waals surface area contributed by atoms with Gasteiger partial charge in [0.05, 0.1) is 16.1 Å². The highest BCUT2D eigenvalue weighted by Gasteiger charge is 2.24. The summed E-state index contributed by atoms with van der Waals surface area (Å²) in [6.07, 6.45) is 0.608. The summed E-state index contributed by atoms with van der Waals surface area (Å²) < 4.78 is 0. The summed E-state index contributed by atoms with van der Waals surface area (Å²) in [5, 5.41) is 2.61. The molecule has 2 rings (SSSR count). The molecule has 0 aliphatic rings. The number of hydrazine groups is 1. The van der Waals surface area contributed by atoms with Crippen molar-refractivity contribution in [3.8, 4) is 0 Å². The summed E-state index contributed by atoms with van der Waals surface area (Å²) in [5.74, 6) is -0.884. The van der Waals surface area contributed by atoms with Crippen LogP contribution in [0.15, 0.2) is 48.5 Å². The molecule has 0 bridgehead atoms. The van der Waals surface area contributed by atoms with E-state index < -0.39 is 11.8 Å². The molecule has 0 fully saturated rings. The standard InChI is InChI=1S/C17H15ClN2O3/c1-19(16(22)13-8-4-3-7-12(13)11-21)20(2)17(23)14-9-5-6-10-15(14)18/h3-11H,1-2H3. The number of hydrogen-bond acceptors (Lipinski definition) is 3. The fraction of sp³-hybridized carbons (Fsp3) is 0.118. The third kappa shape index (κ3) is 3.40. The second-order valence-corrected chi connectivity index (χ2v) is 5.25. The highest BCUT2D eigenvalue weighted by molar-refractivity contribution is 6.33. The lowest BCUT2D eigenvalue weighted by atomic mass is 10.1. The molecule has 0 unspecified atom stereocenters. The predicted molar refractivity (Wildman–Crippen MR) is 87.5 cm³/mol. The molecule has 0 saturated heterocycles. The minimum atomic E-state index is -0.462. The number of halogens is 1. The molecule has 118 valence electrons. The number of benzene rings is 2. The molecule has 0 atom stereocenters. The summed E-state index contributed by atoms with van der Waals surface area (Å²) >= 11 is 6.01. The van der Waals surface area contributed by atoms with Crippen molar-refractivity contribution in [2.45, 2.75) is 0 Å². The molecule has 5 nitrogen and oxygen atoms in total. The second-order valence-electron chi connectivity index (χ2n) is 4.84. The lowest BCUT2D eigenvalue weighted by Crippen LogP contribution is -2.45. The van der Waals surface area contributed by atoms with Gasteiger partial charge in [-0.25, -0.2) is 0 Å². The van der Waals surface area contributed by atoms with Crippen LogP contribution in [0.2, 0.25) is 5.02 Å². The van der Waals surface area contributed by atoms with Crippen LogP contribution < -0.4 is 0 Å². The predicted octanol–water partition coefficient (Wildman–Crippen LogP) is 2.91. The van der Waals surface area contributed by atoms with Gasteiger partial charge < -0.3 is 0 Å². The van der Waals surface area contributed by atoms with Crippen molar-refractivity contribution in [3.63, 3.8) is 0 Å². The van der Waals surface area contributed by atoms with E-state index in [1.54, 1.807) is 42.5 Å². The minimum absolute atomic E-state index is 0.226. The Bertz CT molecular complexity index is 761. The van der Waals surface area contributed by atoms with Crippen molar-refractivity contribution in [1.82, 2.24) is 10.0 Å². The van der Waals surface area contributed by atoms with Crippen molar-refractivity contribution in [2.75, 3.05) is 14.1 Å². The molecule has 2 amide bonds. The molecule has 0 saturated carbocycles. The molecule has 2 aromatic carbocycles. The fourth-order valence-electron chi connectivity index (χ4n) is 2.05. The largest absolute Gasteiger partial charge is 0.298 e. The van der Waals surface area contributed by atoms with Crippen LogP contribution in [0.4, 0.5) is 0 Å². The van der Waals surface area contributed by atoms with E-state index in [0.717, 1.165) is 10.0 Å². The van der Waals surface area contributed by atoms with E-state index in [9.17, 15) is 14.4 Å². The van der Waals surface area contributed by atoms with Gasteiger partial charge in [0.25, 0.3) is 11.8 Å². The lowest BCUT2D eigenvalue weighted by molar-refractivity contribution is 0.0185. The molecule has 0 radical (unpaired) electrons. The van der Waals surface area contributed by atoms with E-state index in [-0.39, 0.29) is 11.1 Å². The van der Waals surface area contributed by atoms with Crippen LogP contribution in [0.1, 0.15) is 31.1 Å². The van der Waals surface area contributed by atoms with Gasteiger partial charge in [-0.05, 0) is 18.2 Å². The minimum Gasteiger partial charge on any atom is -0.298 e. The molecule has 0 aliphatic heterocycles. The Kier molecular flexibility index (Phi) is 5.13. The Hall–Kier alpha value is -2.66. The van der Waals surface area contributed by atoms with Crippen LogP contribution >= 0.6 is 11.6 Å². The van der Waals surface area contributed by atoms with E-state index in [1.165, 1.54) is 20.2 Å². The molecule has 6 heteroatoms. The topological polar surface area (TPSA) is 57.7 Å². The van der Waals surface area contributed by atoms with Gasteiger partial charge in [0, 0.05) is 19.7 Å². The quantitative estimate of drug-likeness (QED) is 0.642. The Labute approximate surface area is 139 Å². The van der Waals surface area contributed by atoms with Crippen LogP contribution in [0.5, 0.6) is 0 Å². The van der Waals surface area contributed by atoms with Gasteiger partial charge in [-0.15, -0.1) is 0 Å². The normalized spacial score (nSPS) is 10.0. The Morgan fingerprint density at radius 1 is 0.870 bits per heavy atom. The maximum absolute atomic E-state index is 12.5. The third-order valence-electron chi connectivity index (χ3n) is 3.46. The third-order valence-corrected chi connectivity index (χ3v) is 3.79. The SMILES string of the molecule is CN(C(=O)c1ccccc1Cl)N(C)C(=O)c1ccccc1C=O. The lowest BCUT2D eigenvalue weighted by Gasteiger charge is -2.28. The Balaban J connectivity index is 2.27. The number of carbonyl (C=O) groups excluding carboxylic acids is 3. The van der Waals surface area contributed by atoms with Gasteiger partial charge in [0.2, 0.25) is 0 Å². The summed E-state index contributed by atoms with van der Waals surface area (Å²) in [7, 11) is 2.92. The van der Waals surface area contributed by atoms with E-state index in [4.69, 9.17) is 11.6 Å². The Morgan fingerprint density at radius 2 is 1.35 bits per heavy atom. The number of hydrogen-bond donors (Lipinski definition) is 0. The molecular weight excluding hydrogens is 316 g/mol. The van der Waals surface area contributed by atoms with Crippen LogP contribution in [-0.4, -0.2) is 42.2 Å². The van der Waals surface area contributed by atoms with Crippen LogP contribution in [-0.2, 0) is 0 Å². The number of nitrogens with zero attached hydrogens (tertiary/aromatic N) is 2. The number of rotatable bonds is 3. The highest BCUT2D eigenvalue weighted by Crippen LogP contribution is 2.18. The van der Waals surface area contributed by atoms with E-state index in [1.807, 2.05) is 0 Å². The zero-order chi connectivity index (χ0) is 17.0. The molecule has 0 heterocycles. The van der Waals surface area contributed by atoms with Crippen molar-refractivity contribution >= 4 is 29.7 Å². The average Bonchev–Trinajstić information content (AvgIpc) is 2.59. The second kappa shape index (κ2) is 7.07. The van der Waals surface area contributed by atoms with Gasteiger partial charge in [-0.2, -0.15) is 0 Å². The molecule has 2 aromatic rings. The summed E-state index contributed by atoms with van der Waals surface area (Å²) in [6, 6.07) is 13.0. The molecule has 0 aromatic heterocycles. The summed E-state index contributed by atoms with van der Waals surface area (Å²) in [6.45, 7) is 0. The first-order chi connectivity index (χ1) is 11.0. The first-order valence-electron chi connectivity index (χ1n) is 6.82. The van der Waals surface area contributed by atoms with E-state index in [0.29, 0.717) is 16.9 Å². The van der Waals surface area contributed by atoms with Crippen LogP contribution in [0.25, 0.3) is 0 Å². The smallest absolute Gasteiger partial charge is 0.273 e. The van der Waals surface area contributed by atoms with Gasteiger partial charge in [-0.3, -0.25) is 24.4 Å². The van der Waals surface area contributed by atoms with Gasteiger partial charge in [-0.1, -0.05) is 41.9 Å². The molecule has 0 spiro atoms. The first-order valence-corrected chi connectivity index (χ1v) is 7.20. The van der Waals surface area contributed by atoms with Crippen molar-refractivity contribution in [1.29, 1.82) is 0 Å². The summed E-state index contributed by atoms with van der Waals surface area (Å²) in [5.41, 5.74) is 0.784. The average molecular weight is 331 g/mol. The van der Waals surface area contributed by atoms with E-state index >= 15 is 0 Å². The zero-order valence-electron chi connectivity index (χ0n) is 12.7. The van der Waals surface area contributed by atoms with Crippen molar-refractivity contribution in [2.24, 2.45) is 0 Å². The van der Waals surface area contributed by atoms with Crippen molar-refractivity contribution in [3.05, 3.63) is 70.2 Å². The Morgan fingerprint density at radius 3 is 1.91 bits per heavy atom. The van der Waals surface area contributed by atoms with Gasteiger partial charge in [0.15, 0.2) is 6.29 Å². The number of amides is 2. The van der Waals surface area contributed by atoms with Crippen molar-refractivity contribution < 1.29 is 14.4 Å². The molecule has 0 N–H and O–H groups in total. The highest BCUT2D eigenvalue weighted by atomic mass is 35.5. The summed E-state index contributed by atoms with van der Waals surface area (Å²) in [4.78, 5) is 36.1. The number of aldehydes is 1. The van der Waals surface area contributed by atoms with Gasteiger partial charge >= 0.3 is 0 Å². The molecule has 23 heavy (non-hydrogen) atoms. The fourth-order valence-corrected chi connectivity index (χ4v) is 2.27. The zero-order valence-corrected chi connectivity index (χ0v) is 13.4. The first kappa shape index (κ1) is 16.7. The van der Waals surface area contributed by atoms with E-state index in [2.05, 4.69) is 0 Å². The van der Waals surface area contributed by atoms with Gasteiger partial charge in [0.1, 0.15) is 0 Å². The van der Waals surface area contributed by atoms with Crippen LogP contribution in [0.3, 0.4) is 0 Å². The number of carbonyl (C=O) groups is 3. The maximum atomic E-state index is 12.5. The molecule has 0 aliphatic carbocycles. The molecular formula is C17H15ClN2O3. The van der Waals surface area contributed by atoms with Crippen LogP contribution in [0, 0.1) is 0 Å². The maximum Gasteiger partial charge on any atom is 0.273 e.